The number of aryl methyl sites for hydroxylation is 1. The summed E-state index contributed by atoms with van der Waals surface area (Å²) in [6.07, 6.45) is 3.80. The summed E-state index contributed by atoms with van der Waals surface area (Å²) in [5.41, 5.74) is 1.16. The van der Waals surface area contributed by atoms with Gasteiger partial charge in [-0.25, -0.2) is 4.98 Å². The van der Waals surface area contributed by atoms with E-state index in [1.165, 1.54) is 11.8 Å². The van der Waals surface area contributed by atoms with E-state index >= 15 is 0 Å². The first kappa shape index (κ1) is 19.2. The van der Waals surface area contributed by atoms with Crippen molar-refractivity contribution >= 4 is 35.1 Å². The van der Waals surface area contributed by atoms with Gasteiger partial charge in [0.2, 0.25) is 11.8 Å². The van der Waals surface area contributed by atoms with E-state index < -0.39 is 0 Å². The van der Waals surface area contributed by atoms with Gasteiger partial charge in [0.15, 0.2) is 18.2 Å². The third kappa shape index (κ3) is 5.22. The van der Waals surface area contributed by atoms with Crippen LogP contribution in [0.25, 0.3) is 0 Å². The molecule has 0 aliphatic carbocycles. The molecule has 144 valence electrons. The Labute approximate surface area is 162 Å². The van der Waals surface area contributed by atoms with Crippen molar-refractivity contribution in [3.8, 4) is 0 Å². The molecule has 3 rings (SSSR count). The molecule has 0 unspecified atom stereocenters. The molecule has 1 aliphatic heterocycles. The Balaban J connectivity index is 1.41. The maximum Gasteiger partial charge on any atom is 0.238 e. The topological polar surface area (TPSA) is 92.8 Å². The van der Waals surface area contributed by atoms with Crippen molar-refractivity contribution in [2.24, 2.45) is 0 Å². The molecule has 0 spiro atoms. The molecule has 0 radical (unpaired) electrons. The van der Waals surface area contributed by atoms with Gasteiger partial charge in [-0.2, -0.15) is 0 Å². The van der Waals surface area contributed by atoms with E-state index in [1.54, 1.807) is 19.9 Å². The summed E-state index contributed by atoms with van der Waals surface area (Å²) >= 11 is 1.33. The Morgan fingerprint density at radius 2 is 2.00 bits per heavy atom. The second-order valence-corrected chi connectivity index (χ2v) is 7.72. The zero-order valence-electron chi connectivity index (χ0n) is 15.5. The summed E-state index contributed by atoms with van der Waals surface area (Å²) < 4.78 is 4.93. The summed E-state index contributed by atoms with van der Waals surface area (Å²) in [7, 11) is 0. The molecule has 1 saturated heterocycles. The number of hydrogen-bond donors (Lipinski definition) is 1. The summed E-state index contributed by atoms with van der Waals surface area (Å²) in [5, 5.41) is 6.08. The first-order chi connectivity index (χ1) is 13.0. The molecular weight excluding hydrogens is 366 g/mol. The molecule has 2 aromatic rings. The lowest BCUT2D eigenvalue weighted by molar-refractivity contribution is -0.377. The van der Waals surface area contributed by atoms with Crippen LogP contribution in [0.1, 0.15) is 12.7 Å². The third-order valence-corrected chi connectivity index (χ3v) is 5.53. The number of amides is 2. The summed E-state index contributed by atoms with van der Waals surface area (Å²) in [5.74, 6) is 1.19. The predicted octanol–water partition coefficient (Wildman–Crippen LogP) is 1.21. The SMILES string of the molecule is Cc1cc(NC(=O)[C@H](C)SCC(=O)N2CCN(c3cc[nH+]cc3)CC2)no1. The first-order valence-electron chi connectivity index (χ1n) is 8.87. The van der Waals surface area contributed by atoms with Gasteiger partial charge in [0, 0.05) is 50.1 Å². The minimum Gasteiger partial charge on any atom is -0.368 e. The minimum atomic E-state index is -0.354. The second kappa shape index (κ2) is 8.90. The number of carbonyl (C=O) groups is 2. The molecule has 1 fully saturated rings. The van der Waals surface area contributed by atoms with Crippen LogP contribution >= 0.6 is 11.8 Å². The van der Waals surface area contributed by atoms with Gasteiger partial charge in [-0.3, -0.25) is 9.59 Å². The van der Waals surface area contributed by atoms with Gasteiger partial charge in [-0.1, -0.05) is 5.16 Å². The molecule has 8 nitrogen and oxygen atoms in total. The number of nitrogens with zero attached hydrogens (tertiary/aromatic N) is 3. The Bertz CT molecular complexity index is 774. The highest BCUT2D eigenvalue weighted by Crippen LogP contribution is 2.17. The normalized spacial score (nSPS) is 15.5. The first-order valence-corrected chi connectivity index (χ1v) is 9.92. The van der Waals surface area contributed by atoms with Gasteiger partial charge < -0.3 is 19.6 Å². The van der Waals surface area contributed by atoms with Crippen LogP contribution in [0, 0.1) is 6.92 Å². The average molecular weight is 390 g/mol. The van der Waals surface area contributed by atoms with E-state index in [2.05, 4.69) is 20.4 Å². The van der Waals surface area contributed by atoms with Gasteiger partial charge in [0.25, 0.3) is 0 Å². The van der Waals surface area contributed by atoms with E-state index in [0.717, 1.165) is 18.8 Å². The molecule has 0 aromatic carbocycles. The Morgan fingerprint density at radius 1 is 1.30 bits per heavy atom. The van der Waals surface area contributed by atoms with Crippen LogP contribution in [-0.4, -0.2) is 59.1 Å². The number of aromatic amines is 1. The van der Waals surface area contributed by atoms with Crippen molar-refractivity contribution in [1.82, 2.24) is 10.1 Å². The van der Waals surface area contributed by atoms with Gasteiger partial charge in [-0.15, -0.1) is 11.8 Å². The highest BCUT2D eigenvalue weighted by atomic mass is 32.2. The largest absolute Gasteiger partial charge is 0.368 e. The molecule has 0 bridgehead atoms. The summed E-state index contributed by atoms with van der Waals surface area (Å²) in [6.45, 7) is 6.54. The highest BCUT2D eigenvalue weighted by molar-refractivity contribution is 8.01. The van der Waals surface area contributed by atoms with E-state index in [-0.39, 0.29) is 22.8 Å². The predicted molar refractivity (Wildman–Crippen MR) is 104 cm³/mol. The zero-order chi connectivity index (χ0) is 19.2. The van der Waals surface area contributed by atoms with Gasteiger partial charge in [0.1, 0.15) is 5.76 Å². The Kier molecular flexibility index (Phi) is 6.33. The van der Waals surface area contributed by atoms with E-state index in [0.29, 0.717) is 24.7 Å². The molecule has 2 N–H and O–H groups in total. The second-order valence-electron chi connectivity index (χ2n) is 6.39. The molecule has 1 atom stereocenters. The monoisotopic (exact) mass is 390 g/mol. The van der Waals surface area contributed by atoms with Crippen LogP contribution in [-0.2, 0) is 9.59 Å². The average Bonchev–Trinajstić information content (AvgIpc) is 3.11. The number of hydrogen-bond acceptors (Lipinski definition) is 6. The lowest BCUT2D eigenvalue weighted by Gasteiger charge is -2.35. The quantitative estimate of drug-likeness (QED) is 0.797. The number of pyridine rings is 1. The zero-order valence-corrected chi connectivity index (χ0v) is 16.3. The van der Waals surface area contributed by atoms with Crippen LogP contribution in [0.15, 0.2) is 35.1 Å². The van der Waals surface area contributed by atoms with Crippen LogP contribution in [0.2, 0.25) is 0 Å². The minimum absolute atomic E-state index is 0.0676. The van der Waals surface area contributed by atoms with Crippen LogP contribution < -0.4 is 15.2 Å². The Morgan fingerprint density at radius 3 is 2.63 bits per heavy atom. The Hall–Kier alpha value is -2.55. The number of piperazine rings is 1. The van der Waals surface area contributed by atoms with Crippen LogP contribution in [0.3, 0.4) is 0 Å². The maximum absolute atomic E-state index is 12.5. The van der Waals surface area contributed by atoms with Crippen molar-refractivity contribution in [2.75, 3.05) is 42.1 Å². The number of nitrogens with one attached hydrogen (secondary N) is 2. The van der Waals surface area contributed by atoms with Crippen molar-refractivity contribution in [1.29, 1.82) is 0 Å². The van der Waals surface area contributed by atoms with Crippen LogP contribution in [0.5, 0.6) is 0 Å². The van der Waals surface area contributed by atoms with Crippen molar-refractivity contribution in [3.63, 3.8) is 0 Å². The van der Waals surface area contributed by atoms with E-state index in [1.807, 2.05) is 29.4 Å². The van der Waals surface area contributed by atoms with Gasteiger partial charge in [-0.05, 0) is 13.8 Å². The molecule has 27 heavy (non-hydrogen) atoms. The third-order valence-electron chi connectivity index (χ3n) is 4.40. The highest BCUT2D eigenvalue weighted by Gasteiger charge is 2.23. The van der Waals surface area contributed by atoms with Crippen molar-refractivity contribution < 1.29 is 19.1 Å². The van der Waals surface area contributed by atoms with Crippen LogP contribution in [0.4, 0.5) is 11.5 Å². The van der Waals surface area contributed by atoms with E-state index in [4.69, 9.17) is 4.52 Å². The van der Waals surface area contributed by atoms with Crippen molar-refractivity contribution in [3.05, 3.63) is 36.4 Å². The van der Waals surface area contributed by atoms with Crippen molar-refractivity contribution in [2.45, 2.75) is 19.1 Å². The maximum atomic E-state index is 12.5. The molecular formula is C18H24N5O3S+. The molecule has 9 heteroatoms. The van der Waals surface area contributed by atoms with Gasteiger partial charge >= 0.3 is 0 Å². The molecule has 2 amide bonds. The fourth-order valence-corrected chi connectivity index (χ4v) is 3.60. The molecule has 2 aromatic heterocycles. The molecule has 3 heterocycles. The number of carbonyl (C=O) groups excluding carboxylic acids is 2. The number of aromatic nitrogens is 2. The van der Waals surface area contributed by atoms with Gasteiger partial charge in [0.05, 0.1) is 11.0 Å². The smallest absolute Gasteiger partial charge is 0.238 e. The number of H-pyrrole nitrogens is 1. The van der Waals surface area contributed by atoms with E-state index in [9.17, 15) is 9.59 Å². The standard InChI is InChI=1S/C18H23N5O3S/c1-13-11-16(21-26-13)20-18(25)14(2)27-12-17(24)23-9-7-22(8-10-23)15-3-5-19-6-4-15/h3-6,11,14H,7-10,12H2,1-2H3,(H,20,21,25)/p+1/t14-/m0/s1. The lowest BCUT2D eigenvalue weighted by atomic mass is 10.2. The summed E-state index contributed by atoms with van der Waals surface area (Å²) in [4.78, 5) is 31.8. The fraction of sp³-hybridized carbons (Fsp3) is 0.444. The number of rotatable bonds is 6. The number of thioether (sulfide) groups is 1. The number of anilines is 2. The molecule has 1 aliphatic rings. The molecule has 0 saturated carbocycles. The fourth-order valence-electron chi connectivity index (χ4n) is 2.82. The lowest BCUT2D eigenvalue weighted by Crippen LogP contribution is -2.49. The summed E-state index contributed by atoms with van der Waals surface area (Å²) in [6, 6.07) is 5.72.